The molecule has 0 bridgehead atoms. The van der Waals surface area contributed by atoms with Gasteiger partial charge in [-0.25, -0.2) is 0 Å². The van der Waals surface area contributed by atoms with Crippen LogP contribution in [0.5, 0.6) is 5.75 Å². The quantitative estimate of drug-likeness (QED) is 0.779. The van der Waals surface area contributed by atoms with E-state index in [0.717, 1.165) is 9.86 Å². The van der Waals surface area contributed by atoms with Crippen LogP contribution in [0.2, 0.25) is 0 Å². The maximum absolute atomic E-state index is 5.75. The largest absolute Gasteiger partial charge is 0.496 e. The maximum atomic E-state index is 5.75. The molecular weight excluding hydrogens is 236 g/mol. The van der Waals surface area contributed by atoms with Gasteiger partial charge in [-0.15, -0.1) is 0 Å². The maximum Gasteiger partial charge on any atom is 0.194 e. The number of benzene rings is 1. The van der Waals surface area contributed by atoms with Gasteiger partial charge in [-0.1, -0.05) is 5.16 Å². The number of anilines is 1. The van der Waals surface area contributed by atoms with Gasteiger partial charge in [0.1, 0.15) is 5.75 Å². The minimum atomic E-state index is 0.535. The number of ether oxygens (including phenoxy) is 1. The van der Waals surface area contributed by atoms with Crippen LogP contribution in [0.25, 0.3) is 11.0 Å². The highest BCUT2D eigenvalue weighted by molar-refractivity contribution is 9.10. The monoisotopic (exact) mass is 242 g/mol. The van der Waals surface area contributed by atoms with Gasteiger partial charge in [0, 0.05) is 4.47 Å². The summed E-state index contributed by atoms with van der Waals surface area (Å²) < 4.78 is 10.9. The number of hydrogen-bond acceptors (Lipinski definition) is 4. The van der Waals surface area contributed by atoms with E-state index in [9.17, 15) is 0 Å². The zero-order valence-corrected chi connectivity index (χ0v) is 8.46. The number of aromatic nitrogens is 1. The van der Waals surface area contributed by atoms with Gasteiger partial charge in [-0.05, 0) is 22.0 Å². The topological polar surface area (TPSA) is 61.3 Å². The molecule has 0 fully saturated rings. The van der Waals surface area contributed by atoms with Crippen LogP contribution in [0.1, 0.15) is 0 Å². The van der Waals surface area contributed by atoms with E-state index in [1.165, 1.54) is 0 Å². The van der Waals surface area contributed by atoms with E-state index < -0.39 is 0 Å². The van der Waals surface area contributed by atoms with E-state index in [1.807, 2.05) is 0 Å². The van der Waals surface area contributed by atoms with E-state index in [0.29, 0.717) is 17.0 Å². The Bertz CT molecular complexity index is 453. The molecule has 1 aromatic carbocycles. The van der Waals surface area contributed by atoms with E-state index in [1.54, 1.807) is 19.4 Å². The lowest BCUT2D eigenvalue weighted by Crippen LogP contribution is -1.90. The highest BCUT2D eigenvalue weighted by Gasteiger charge is 2.12. The molecule has 0 atom stereocenters. The van der Waals surface area contributed by atoms with E-state index in [-0.39, 0.29) is 0 Å². The van der Waals surface area contributed by atoms with Crippen molar-refractivity contribution in [2.75, 3.05) is 12.8 Å². The molecule has 0 aliphatic rings. The second-order valence-electron chi connectivity index (χ2n) is 2.54. The number of halogens is 1. The second-order valence-corrected chi connectivity index (χ2v) is 3.40. The molecule has 13 heavy (non-hydrogen) atoms. The van der Waals surface area contributed by atoms with Gasteiger partial charge in [0.05, 0.1) is 24.4 Å². The minimum absolute atomic E-state index is 0.535. The molecule has 5 heteroatoms. The van der Waals surface area contributed by atoms with Crippen LogP contribution < -0.4 is 10.5 Å². The molecule has 0 spiro atoms. The molecule has 0 unspecified atom stereocenters. The van der Waals surface area contributed by atoms with Crippen LogP contribution in [-0.4, -0.2) is 12.3 Å². The molecule has 0 aliphatic heterocycles. The number of nitrogens with two attached hydrogens (primary N) is 1. The van der Waals surface area contributed by atoms with E-state index in [4.69, 9.17) is 15.0 Å². The summed E-state index contributed by atoms with van der Waals surface area (Å²) in [7, 11) is 1.59. The molecule has 1 heterocycles. The Kier molecular flexibility index (Phi) is 1.88. The van der Waals surface area contributed by atoms with E-state index in [2.05, 4.69) is 21.1 Å². The number of fused-ring (bicyclic) bond motifs is 1. The fourth-order valence-electron chi connectivity index (χ4n) is 1.16. The number of hydrogen-bond donors (Lipinski definition) is 1. The van der Waals surface area contributed by atoms with Crippen LogP contribution in [0.4, 0.5) is 5.69 Å². The van der Waals surface area contributed by atoms with Crippen LogP contribution in [0.15, 0.2) is 21.3 Å². The third-order valence-electron chi connectivity index (χ3n) is 1.82. The van der Waals surface area contributed by atoms with Crippen molar-refractivity contribution in [3.05, 3.63) is 16.7 Å². The molecule has 2 N–H and O–H groups in total. The third-order valence-corrected chi connectivity index (χ3v) is 2.47. The predicted octanol–water partition coefficient (Wildman–Crippen LogP) is 2.18. The van der Waals surface area contributed by atoms with Crippen molar-refractivity contribution < 1.29 is 9.26 Å². The summed E-state index contributed by atoms with van der Waals surface area (Å²) in [5, 5.41) is 4.44. The van der Waals surface area contributed by atoms with Gasteiger partial charge in [0.2, 0.25) is 0 Å². The average molecular weight is 243 g/mol. The SMILES string of the molecule is COc1cc(Br)c(N)c2oncc12. The molecule has 1 aromatic heterocycles. The first-order chi connectivity index (χ1) is 6.24. The Hall–Kier alpha value is -1.23. The highest BCUT2D eigenvalue weighted by Crippen LogP contribution is 2.35. The smallest absolute Gasteiger partial charge is 0.194 e. The molecule has 2 aromatic rings. The summed E-state index contributed by atoms with van der Waals surface area (Å²) in [6.07, 6.45) is 1.58. The molecule has 2 rings (SSSR count). The molecule has 4 nitrogen and oxygen atoms in total. The number of methoxy groups -OCH3 is 1. The average Bonchev–Trinajstić information content (AvgIpc) is 2.60. The lowest BCUT2D eigenvalue weighted by molar-refractivity contribution is 0.419. The van der Waals surface area contributed by atoms with Gasteiger partial charge >= 0.3 is 0 Å². The van der Waals surface area contributed by atoms with Crippen molar-refractivity contribution in [2.24, 2.45) is 0 Å². The van der Waals surface area contributed by atoms with Crippen LogP contribution in [0, 0.1) is 0 Å². The number of nitrogen functional groups attached to an aromatic ring is 1. The molecule has 0 saturated heterocycles. The van der Waals surface area contributed by atoms with Crippen molar-refractivity contribution in [2.45, 2.75) is 0 Å². The first kappa shape index (κ1) is 8.37. The van der Waals surface area contributed by atoms with E-state index >= 15 is 0 Å². The standard InChI is InChI=1S/C8H7BrN2O2/c1-12-6-2-5(9)7(10)8-4(6)3-11-13-8/h2-3H,10H2,1H3. The van der Waals surface area contributed by atoms with Gasteiger partial charge < -0.3 is 15.0 Å². The molecule has 0 radical (unpaired) electrons. The Morgan fingerprint density at radius 3 is 3.08 bits per heavy atom. The van der Waals surface area contributed by atoms with Crippen LogP contribution in [0.3, 0.4) is 0 Å². The second kappa shape index (κ2) is 2.92. The van der Waals surface area contributed by atoms with Crippen LogP contribution in [-0.2, 0) is 0 Å². The Morgan fingerprint density at radius 1 is 1.62 bits per heavy atom. The first-order valence-electron chi connectivity index (χ1n) is 3.60. The highest BCUT2D eigenvalue weighted by atomic mass is 79.9. The van der Waals surface area contributed by atoms with Gasteiger partial charge in [0.25, 0.3) is 0 Å². The van der Waals surface area contributed by atoms with Crippen molar-refractivity contribution in [3.8, 4) is 5.75 Å². The van der Waals surface area contributed by atoms with Crippen molar-refractivity contribution in [3.63, 3.8) is 0 Å². The summed E-state index contributed by atoms with van der Waals surface area (Å²) in [4.78, 5) is 0. The molecule has 0 saturated carbocycles. The van der Waals surface area contributed by atoms with Crippen molar-refractivity contribution >= 4 is 32.6 Å². The fourth-order valence-corrected chi connectivity index (χ4v) is 1.55. The van der Waals surface area contributed by atoms with Gasteiger partial charge in [0.15, 0.2) is 5.58 Å². The van der Waals surface area contributed by atoms with Crippen molar-refractivity contribution in [1.82, 2.24) is 5.16 Å². The fraction of sp³-hybridized carbons (Fsp3) is 0.125. The summed E-state index contributed by atoms with van der Waals surface area (Å²) in [5.41, 5.74) is 6.83. The lowest BCUT2D eigenvalue weighted by Gasteiger charge is -2.03. The summed E-state index contributed by atoms with van der Waals surface area (Å²) >= 11 is 3.30. The summed E-state index contributed by atoms with van der Waals surface area (Å²) in [6.45, 7) is 0. The predicted molar refractivity (Wildman–Crippen MR) is 52.7 cm³/mol. The Balaban J connectivity index is 2.87. The molecular formula is C8H7BrN2O2. The third kappa shape index (κ3) is 1.16. The van der Waals surface area contributed by atoms with Crippen LogP contribution >= 0.6 is 15.9 Å². The Morgan fingerprint density at radius 2 is 2.38 bits per heavy atom. The number of nitrogens with zero attached hydrogens (tertiary/aromatic N) is 1. The normalized spacial score (nSPS) is 10.6. The minimum Gasteiger partial charge on any atom is -0.496 e. The number of rotatable bonds is 1. The van der Waals surface area contributed by atoms with Crippen molar-refractivity contribution in [1.29, 1.82) is 0 Å². The summed E-state index contributed by atoms with van der Waals surface area (Å²) in [5.74, 6) is 0.692. The first-order valence-corrected chi connectivity index (χ1v) is 4.39. The zero-order valence-electron chi connectivity index (χ0n) is 6.87. The zero-order chi connectivity index (χ0) is 9.42. The van der Waals surface area contributed by atoms with Gasteiger partial charge in [-0.3, -0.25) is 0 Å². The van der Waals surface area contributed by atoms with Gasteiger partial charge in [-0.2, -0.15) is 0 Å². The Labute approximate surface area is 82.8 Å². The molecule has 0 aliphatic carbocycles. The summed E-state index contributed by atoms with van der Waals surface area (Å²) in [6, 6.07) is 1.79. The molecule has 0 amide bonds. The molecule has 68 valence electrons. The lowest BCUT2D eigenvalue weighted by atomic mass is 10.2.